The van der Waals surface area contributed by atoms with Gasteiger partial charge in [-0.1, -0.05) is 0 Å². The van der Waals surface area contributed by atoms with Gasteiger partial charge in [-0.25, -0.2) is 17.5 Å². The third-order valence-electron chi connectivity index (χ3n) is 2.87. The molecule has 0 bridgehead atoms. The molecule has 1 saturated heterocycles. The van der Waals surface area contributed by atoms with E-state index in [2.05, 4.69) is 10.0 Å². The van der Waals surface area contributed by atoms with Crippen molar-refractivity contribution in [2.75, 3.05) is 12.3 Å². The Bertz CT molecular complexity index is 593. The topological polar surface area (TPSA) is 101 Å². The molecular formula is C11H14FN3O3S. The van der Waals surface area contributed by atoms with Crippen LogP contribution >= 0.6 is 0 Å². The average Bonchev–Trinajstić information content (AvgIpc) is 2.35. The molecule has 1 aliphatic heterocycles. The lowest BCUT2D eigenvalue weighted by Crippen LogP contribution is -2.47. The van der Waals surface area contributed by atoms with E-state index in [1.165, 1.54) is 0 Å². The first-order valence-electron chi connectivity index (χ1n) is 5.72. The Morgan fingerprint density at radius 1 is 1.42 bits per heavy atom. The Balaban J connectivity index is 2.13. The smallest absolute Gasteiger partial charge is 0.240 e. The highest BCUT2D eigenvalue weighted by Gasteiger charge is 2.24. The molecule has 1 aromatic rings. The van der Waals surface area contributed by atoms with Crippen LogP contribution in [0.2, 0.25) is 0 Å². The first kappa shape index (κ1) is 13.8. The largest absolute Gasteiger partial charge is 0.396 e. The summed E-state index contributed by atoms with van der Waals surface area (Å²) >= 11 is 0. The van der Waals surface area contributed by atoms with Gasteiger partial charge in [0.15, 0.2) is 0 Å². The van der Waals surface area contributed by atoms with E-state index in [1.54, 1.807) is 0 Å². The van der Waals surface area contributed by atoms with Crippen LogP contribution in [0.5, 0.6) is 0 Å². The van der Waals surface area contributed by atoms with E-state index in [4.69, 9.17) is 5.73 Å². The van der Waals surface area contributed by atoms with Crippen LogP contribution in [0.15, 0.2) is 23.1 Å². The van der Waals surface area contributed by atoms with Crippen molar-refractivity contribution in [2.45, 2.75) is 23.8 Å². The number of carbonyl (C=O) groups is 1. The predicted molar refractivity (Wildman–Crippen MR) is 67.2 cm³/mol. The number of hydrogen-bond donors (Lipinski definition) is 3. The number of piperidine rings is 1. The monoisotopic (exact) mass is 287 g/mol. The van der Waals surface area contributed by atoms with Crippen LogP contribution in [0, 0.1) is 5.82 Å². The Morgan fingerprint density at radius 3 is 2.74 bits per heavy atom. The number of nitrogen functional groups attached to an aromatic ring is 1. The normalized spacial score (nSPS) is 20.1. The second kappa shape index (κ2) is 5.14. The molecular weight excluding hydrogens is 273 g/mol. The van der Waals surface area contributed by atoms with Crippen LogP contribution in [0.3, 0.4) is 0 Å². The summed E-state index contributed by atoms with van der Waals surface area (Å²) in [6.07, 6.45) is 0.709. The highest BCUT2D eigenvalue weighted by Crippen LogP contribution is 2.17. The fourth-order valence-electron chi connectivity index (χ4n) is 1.81. The molecule has 19 heavy (non-hydrogen) atoms. The summed E-state index contributed by atoms with van der Waals surface area (Å²) in [5.74, 6) is -0.759. The van der Waals surface area contributed by atoms with Crippen LogP contribution in [-0.4, -0.2) is 26.9 Å². The summed E-state index contributed by atoms with van der Waals surface area (Å²) in [7, 11) is -3.76. The van der Waals surface area contributed by atoms with Gasteiger partial charge in [-0.2, -0.15) is 0 Å². The highest BCUT2D eigenvalue weighted by atomic mass is 32.2. The summed E-state index contributed by atoms with van der Waals surface area (Å²) < 4.78 is 39.5. The molecule has 6 nitrogen and oxygen atoms in total. The van der Waals surface area contributed by atoms with Gasteiger partial charge >= 0.3 is 0 Å². The number of hydrogen-bond acceptors (Lipinski definition) is 4. The van der Waals surface area contributed by atoms with Crippen LogP contribution < -0.4 is 15.8 Å². The van der Waals surface area contributed by atoms with Crippen molar-refractivity contribution in [3.63, 3.8) is 0 Å². The van der Waals surface area contributed by atoms with Gasteiger partial charge in [0.1, 0.15) is 5.82 Å². The number of nitrogens with one attached hydrogen (secondary N) is 2. The van der Waals surface area contributed by atoms with E-state index in [9.17, 15) is 17.6 Å². The van der Waals surface area contributed by atoms with Crippen molar-refractivity contribution < 1.29 is 17.6 Å². The molecule has 1 unspecified atom stereocenters. The first-order valence-corrected chi connectivity index (χ1v) is 7.21. The molecule has 2 rings (SSSR count). The minimum atomic E-state index is -3.76. The molecule has 1 aromatic carbocycles. The van der Waals surface area contributed by atoms with Gasteiger partial charge in [0.2, 0.25) is 15.9 Å². The van der Waals surface area contributed by atoms with Crippen LogP contribution in [0.4, 0.5) is 10.1 Å². The maximum Gasteiger partial charge on any atom is 0.240 e. The highest BCUT2D eigenvalue weighted by molar-refractivity contribution is 7.89. The van der Waals surface area contributed by atoms with E-state index in [-0.39, 0.29) is 35.5 Å². The third-order valence-corrected chi connectivity index (χ3v) is 4.38. The average molecular weight is 287 g/mol. The maximum atomic E-state index is 13.0. The SMILES string of the molecule is Nc1cc(S(=O)(=O)NC2CCC(=O)NC2)ccc1F. The predicted octanol–water partition coefficient (Wildman–Crippen LogP) is -0.0352. The number of halogens is 1. The summed E-state index contributed by atoms with van der Waals surface area (Å²) in [5.41, 5.74) is 5.12. The van der Waals surface area contributed by atoms with E-state index >= 15 is 0 Å². The van der Waals surface area contributed by atoms with Gasteiger partial charge in [-0.15, -0.1) is 0 Å². The third kappa shape index (κ3) is 3.21. The second-order valence-electron chi connectivity index (χ2n) is 4.34. The molecule has 0 aromatic heterocycles. The molecule has 104 valence electrons. The summed E-state index contributed by atoms with van der Waals surface area (Å²) in [6, 6.07) is 2.86. The van der Waals surface area contributed by atoms with Crippen LogP contribution in [0.1, 0.15) is 12.8 Å². The molecule has 1 aliphatic rings. The van der Waals surface area contributed by atoms with Crippen molar-refractivity contribution in [1.82, 2.24) is 10.0 Å². The van der Waals surface area contributed by atoms with Crippen molar-refractivity contribution >= 4 is 21.6 Å². The van der Waals surface area contributed by atoms with Gasteiger partial charge in [0.05, 0.1) is 10.6 Å². The van der Waals surface area contributed by atoms with Gasteiger partial charge < -0.3 is 11.1 Å². The van der Waals surface area contributed by atoms with Gasteiger partial charge in [-0.05, 0) is 24.6 Å². The number of anilines is 1. The quantitative estimate of drug-likeness (QED) is 0.679. The minimum absolute atomic E-state index is 0.0942. The first-order chi connectivity index (χ1) is 8.88. The Kier molecular flexibility index (Phi) is 3.72. The standard InChI is InChI=1S/C11H14FN3O3S/c12-9-3-2-8(5-10(9)13)19(17,18)15-7-1-4-11(16)14-6-7/h2-3,5,7,15H,1,4,6,13H2,(H,14,16). The van der Waals surface area contributed by atoms with E-state index in [0.29, 0.717) is 6.42 Å². The minimum Gasteiger partial charge on any atom is -0.396 e. The zero-order chi connectivity index (χ0) is 14.0. The van der Waals surface area contributed by atoms with E-state index in [0.717, 1.165) is 18.2 Å². The van der Waals surface area contributed by atoms with Crippen LogP contribution in [-0.2, 0) is 14.8 Å². The maximum absolute atomic E-state index is 13.0. The lowest BCUT2D eigenvalue weighted by atomic mass is 10.1. The number of sulfonamides is 1. The number of carbonyl (C=O) groups excluding carboxylic acids is 1. The molecule has 0 spiro atoms. The number of benzene rings is 1. The second-order valence-corrected chi connectivity index (χ2v) is 6.06. The lowest BCUT2D eigenvalue weighted by molar-refractivity contribution is -0.122. The fraction of sp³-hybridized carbons (Fsp3) is 0.364. The molecule has 4 N–H and O–H groups in total. The Morgan fingerprint density at radius 2 is 2.16 bits per heavy atom. The van der Waals surface area contributed by atoms with E-state index in [1.807, 2.05) is 0 Å². The molecule has 1 atom stereocenters. The lowest BCUT2D eigenvalue weighted by Gasteiger charge is -2.23. The number of rotatable bonds is 3. The Hall–Kier alpha value is -1.67. The molecule has 1 amide bonds. The molecule has 1 heterocycles. The molecule has 0 saturated carbocycles. The molecule has 0 radical (unpaired) electrons. The van der Waals surface area contributed by atoms with Crippen molar-refractivity contribution in [1.29, 1.82) is 0 Å². The number of nitrogens with two attached hydrogens (primary N) is 1. The summed E-state index contributed by atoms with van der Waals surface area (Å²) in [4.78, 5) is 10.9. The van der Waals surface area contributed by atoms with Gasteiger partial charge in [-0.3, -0.25) is 4.79 Å². The van der Waals surface area contributed by atoms with Crippen molar-refractivity contribution in [3.8, 4) is 0 Å². The zero-order valence-electron chi connectivity index (χ0n) is 10.0. The summed E-state index contributed by atoms with van der Waals surface area (Å²) in [6.45, 7) is 0.245. The van der Waals surface area contributed by atoms with Gasteiger partial charge in [0, 0.05) is 19.0 Å². The van der Waals surface area contributed by atoms with Crippen molar-refractivity contribution in [3.05, 3.63) is 24.0 Å². The fourth-order valence-corrected chi connectivity index (χ4v) is 3.12. The zero-order valence-corrected chi connectivity index (χ0v) is 10.8. The Labute approximate surface area is 110 Å². The molecule has 0 aliphatic carbocycles. The number of amides is 1. The van der Waals surface area contributed by atoms with Crippen LogP contribution in [0.25, 0.3) is 0 Å². The van der Waals surface area contributed by atoms with Crippen molar-refractivity contribution in [2.24, 2.45) is 0 Å². The molecule has 1 fully saturated rings. The molecule has 8 heteroatoms. The summed E-state index contributed by atoms with van der Waals surface area (Å²) in [5, 5.41) is 2.58. The van der Waals surface area contributed by atoms with Gasteiger partial charge in [0.25, 0.3) is 0 Å². The van der Waals surface area contributed by atoms with E-state index < -0.39 is 15.8 Å².